The fourth-order valence-corrected chi connectivity index (χ4v) is 2.51. The minimum atomic E-state index is -0.481. The fourth-order valence-electron chi connectivity index (χ4n) is 2.51. The lowest BCUT2D eigenvalue weighted by molar-refractivity contribution is 0.00909. The predicted octanol–water partition coefficient (Wildman–Crippen LogP) is 2.94. The van der Waals surface area contributed by atoms with Gasteiger partial charge in [-0.25, -0.2) is 0 Å². The molecule has 0 bridgehead atoms. The Bertz CT molecular complexity index is 313. The van der Waals surface area contributed by atoms with Crippen molar-refractivity contribution in [3.05, 3.63) is 35.9 Å². The molecule has 17 heavy (non-hydrogen) atoms. The van der Waals surface area contributed by atoms with Crippen LogP contribution in [0.5, 0.6) is 0 Å². The van der Waals surface area contributed by atoms with Gasteiger partial charge in [-0.05, 0) is 44.1 Å². The van der Waals surface area contributed by atoms with E-state index >= 15 is 0 Å². The summed E-state index contributed by atoms with van der Waals surface area (Å²) in [6.45, 7) is 1.52. The van der Waals surface area contributed by atoms with Crippen molar-refractivity contribution in [1.82, 2.24) is 0 Å². The van der Waals surface area contributed by atoms with Crippen LogP contribution < -0.4 is 0 Å². The van der Waals surface area contributed by atoms with Crippen LogP contribution >= 0.6 is 0 Å². The Kier molecular flexibility index (Phi) is 4.57. The highest BCUT2D eigenvalue weighted by Gasteiger charge is 2.27. The summed E-state index contributed by atoms with van der Waals surface area (Å²) in [7, 11) is 0. The zero-order chi connectivity index (χ0) is 12.0. The molecule has 1 N–H and O–H groups in total. The molecule has 2 heteroatoms. The van der Waals surface area contributed by atoms with Crippen molar-refractivity contribution in [2.24, 2.45) is 0 Å². The zero-order valence-electron chi connectivity index (χ0n) is 10.4. The first-order valence-electron chi connectivity index (χ1n) is 6.63. The van der Waals surface area contributed by atoms with Gasteiger partial charge in [-0.3, -0.25) is 0 Å². The van der Waals surface area contributed by atoms with Crippen molar-refractivity contribution < 1.29 is 9.84 Å². The number of ether oxygens (including phenoxy) is 1. The maximum Gasteiger partial charge on any atom is 0.0670 e. The molecule has 0 amide bonds. The zero-order valence-corrected chi connectivity index (χ0v) is 10.4. The Balaban J connectivity index is 1.77. The van der Waals surface area contributed by atoms with Crippen LogP contribution in [0.3, 0.4) is 0 Å². The van der Waals surface area contributed by atoms with Crippen LogP contribution in [0.1, 0.15) is 37.7 Å². The van der Waals surface area contributed by atoms with Crippen molar-refractivity contribution in [3.63, 3.8) is 0 Å². The first kappa shape index (κ1) is 12.6. The largest absolute Gasteiger partial charge is 0.390 e. The number of rotatable bonds is 4. The highest BCUT2D eigenvalue weighted by atomic mass is 16.5. The lowest BCUT2D eigenvalue weighted by Gasteiger charge is -2.25. The first-order chi connectivity index (χ1) is 8.29. The summed E-state index contributed by atoms with van der Waals surface area (Å²) >= 11 is 0. The maximum absolute atomic E-state index is 10.4. The van der Waals surface area contributed by atoms with E-state index in [4.69, 9.17) is 4.74 Å². The van der Waals surface area contributed by atoms with Crippen LogP contribution in [0.25, 0.3) is 0 Å². The normalized spacial score (nSPS) is 25.5. The minimum absolute atomic E-state index is 0.481. The third-order valence-electron chi connectivity index (χ3n) is 3.59. The molecule has 1 atom stereocenters. The van der Waals surface area contributed by atoms with E-state index in [-0.39, 0.29) is 0 Å². The molecule has 1 unspecified atom stereocenters. The summed E-state index contributed by atoms with van der Waals surface area (Å²) < 4.78 is 5.39. The Hall–Kier alpha value is -0.860. The molecule has 94 valence electrons. The summed E-state index contributed by atoms with van der Waals surface area (Å²) in [6.07, 6.45) is 5.68. The standard InChI is InChI=1S/C15H22O2/c16-15(10-5-12-17-13-11-15)9-4-8-14-6-2-1-3-7-14/h1-3,6-7,16H,4-5,8-13H2. The number of aliphatic hydroxyl groups is 1. The van der Waals surface area contributed by atoms with Crippen molar-refractivity contribution in [1.29, 1.82) is 0 Å². The van der Waals surface area contributed by atoms with E-state index in [9.17, 15) is 5.11 Å². The molecule has 0 spiro atoms. The van der Waals surface area contributed by atoms with Gasteiger partial charge in [0.15, 0.2) is 0 Å². The predicted molar refractivity (Wildman–Crippen MR) is 69.0 cm³/mol. The molecule has 1 aromatic rings. The lowest BCUT2D eigenvalue weighted by Crippen LogP contribution is -2.28. The maximum atomic E-state index is 10.4. The van der Waals surface area contributed by atoms with E-state index in [0.29, 0.717) is 6.61 Å². The third-order valence-corrected chi connectivity index (χ3v) is 3.59. The summed E-state index contributed by atoms with van der Waals surface area (Å²) in [4.78, 5) is 0. The highest BCUT2D eigenvalue weighted by Crippen LogP contribution is 2.26. The smallest absolute Gasteiger partial charge is 0.0670 e. The molecule has 1 aromatic carbocycles. The van der Waals surface area contributed by atoms with Gasteiger partial charge < -0.3 is 9.84 Å². The van der Waals surface area contributed by atoms with Gasteiger partial charge >= 0.3 is 0 Å². The van der Waals surface area contributed by atoms with Gasteiger partial charge in [-0.15, -0.1) is 0 Å². The Morgan fingerprint density at radius 1 is 1.12 bits per heavy atom. The number of hydrogen-bond donors (Lipinski definition) is 1. The van der Waals surface area contributed by atoms with Crippen LogP contribution in [0.4, 0.5) is 0 Å². The summed E-state index contributed by atoms with van der Waals surface area (Å²) in [5.41, 5.74) is 0.881. The van der Waals surface area contributed by atoms with E-state index in [1.54, 1.807) is 0 Å². The van der Waals surface area contributed by atoms with Gasteiger partial charge in [0.05, 0.1) is 5.60 Å². The quantitative estimate of drug-likeness (QED) is 0.868. The molecule has 0 radical (unpaired) electrons. The van der Waals surface area contributed by atoms with Crippen molar-refractivity contribution in [2.45, 2.75) is 44.1 Å². The second-order valence-corrected chi connectivity index (χ2v) is 5.03. The summed E-state index contributed by atoms with van der Waals surface area (Å²) in [5, 5.41) is 10.4. The van der Waals surface area contributed by atoms with Gasteiger partial charge in [-0.2, -0.15) is 0 Å². The number of hydrogen-bond acceptors (Lipinski definition) is 2. The lowest BCUT2D eigenvalue weighted by atomic mass is 9.88. The third kappa shape index (κ3) is 4.14. The molecular weight excluding hydrogens is 212 g/mol. The topological polar surface area (TPSA) is 29.5 Å². The molecule has 0 aliphatic carbocycles. The van der Waals surface area contributed by atoms with Crippen LogP contribution in [-0.4, -0.2) is 23.9 Å². The van der Waals surface area contributed by atoms with Crippen LogP contribution in [-0.2, 0) is 11.2 Å². The molecule has 1 heterocycles. The van der Waals surface area contributed by atoms with Crippen LogP contribution in [0, 0.1) is 0 Å². The van der Waals surface area contributed by atoms with Gasteiger partial charge in [0.25, 0.3) is 0 Å². The Labute approximate surface area is 104 Å². The van der Waals surface area contributed by atoms with E-state index in [1.807, 2.05) is 6.07 Å². The van der Waals surface area contributed by atoms with Crippen molar-refractivity contribution >= 4 is 0 Å². The number of aryl methyl sites for hydroxylation is 1. The average Bonchev–Trinajstić information content (AvgIpc) is 2.56. The summed E-state index contributed by atoms with van der Waals surface area (Å²) in [5.74, 6) is 0. The second kappa shape index (κ2) is 6.18. The molecular formula is C15H22O2. The van der Waals surface area contributed by atoms with Gasteiger partial charge in [0, 0.05) is 13.2 Å². The van der Waals surface area contributed by atoms with Crippen molar-refractivity contribution in [3.8, 4) is 0 Å². The molecule has 2 nitrogen and oxygen atoms in total. The first-order valence-corrected chi connectivity index (χ1v) is 6.63. The van der Waals surface area contributed by atoms with Crippen LogP contribution in [0.15, 0.2) is 30.3 Å². The SMILES string of the molecule is OC1(CCCc2ccccc2)CCCOCC1. The van der Waals surface area contributed by atoms with Gasteiger partial charge in [-0.1, -0.05) is 30.3 Å². The Morgan fingerprint density at radius 2 is 1.94 bits per heavy atom. The monoisotopic (exact) mass is 234 g/mol. The fraction of sp³-hybridized carbons (Fsp3) is 0.600. The molecule has 2 rings (SSSR count). The molecule has 1 aliphatic rings. The molecule has 0 aromatic heterocycles. The minimum Gasteiger partial charge on any atom is -0.390 e. The van der Waals surface area contributed by atoms with E-state index in [0.717, 1.165) is 45.1 Å². The van der Waals surface area contributed by atoms with Crippen LogP contribution in [0.2, 0.25) is 0 Å². The highest BCUT2D eigenvalue weighted by molar-refractivity contribution is 5.14. The second-order valence-electron chi connectivity index (χ2n) is 5.03. The molecule has 0 saturated carbocycles. The summed E-state index contributed by atoms with van der Waals surface area (Å²) in [6, 6.07) is 10.5. The average molecular weight is 234 g/mol. The molecule has 1 aliphatic heterocycles. The van der Waals surface area contributed by atoms with Gasteiger partial charge in [0.2, 0.25) is 0 Å². The Morgan fingerprint density at radius 3 is 2.76 bits per heavy atom. The van der Waals surface area contributed by atoms with Gasteiger partial charge in [0.1, 0.15) is 0 Å². The molecule has 1 fully saturated rings. The number of benzene rings is 1. The van der Waals surface area contributed by atoms with Crippen molar-refractivity contribution in [2.75, 3.05) is 13.2 Å². The van der Waals surface area contributed by atoms with E-state index in [2.05, 4.69) is 24.3 Å². The molecule has 1 saturated heterocycles. The van der Waals surface area contributed by atoms with E-state index < -0.39 is 5.60 Å². The van der Waals surface area contributed by atoms with E-state index in [1.165, 1.54) is 5.56 Å².